The van der Waals surface area contributed by atoms with Crippen LogP contribution >= 0.6 is 22.7 Å². The molecule has 0 radical (unpaired) electrons. The highest BCUT2D eigenvalue weighted by atomic mass is 32.1. The van der Waals surface area contributed by atoms with Gasteiger partial charge in [-0.1, -0.05) is 27.7 Å². The third-order valence-electron chi connectivity index (χ3n) is 5.19. The van der Waals surface area contributed by atoms with Gasteiger partial charge in [0, 0.05) is 32.7 Å². The molecule has 0 bridgehead atoms. The van der Waals surface area contributed by atoms with Gasteiger partial charge in [-0.3, -0.25) is 0 Å². The molecule has 2 N–H and O–H groups in total. The van der Waals surface area contributed by atoms with Crippen molar-refractivity contribution in [2.75, 3.05) is 13.2 Å². The van der Waals surface area contributed by atoms with Crippen molar-refractivity contribution in [1.82, 2.24) is 0 Å². The highest BCUT2D eigenvalue weighted by Gasteiger charge is 2.16. The third kappa shape index (κ3) is 8.20. The molecule has 0 unspecified atom stereocenters. The minimum absolute atomic E-state index is 0.0325. The molecule has 0 spiro atoms. The van der Waals surface area contributed by atoms with Crippen molar-refractivity contribution in [3.63, 3.8) is 0 Å². The van der Waals surface area contributed by atoms with Crippen molar-refractivity contribution in [3.8, 4) is 0 Å². The lowest BCUT2D eigenvalue weighted by Crippen LogP contribution is -2.16. The zero-order valence-corrected chi connectivity index (χ0v) is 19.5. The van der Waals surface area contributed by atoms with E-state index in [0.29, 0.717) is 0 Å². The van der Waals surface area contributed by atoms with Crippen molar-refractivity contribution in [2.45, 2.75) is 66.2 Å². The maximum atomic E-state index is 9.35. The summed E-state index contributed by atoms with van der Waals surface area (Å²) >= 11 is 3.74. The van der Waals surface area contributed by atoms with E-state index >= 15 is 0 Å². The Morgan fingerprint density at radius 2 is 1.11 bits per heavy atom. The second-order valence-electron chi connectivity index (χ2n) is 9.29. The molecule has 2 heterocycles. The first-order chi connectivity index (χ1) is 13.2. The van der Waals surface area contributed by atoms with Gasteiger partial charge in [0.2, 0.25) is 0 Å². The lowest BCUT2D eigenvalue weighted by molar-refractivity contribution is 0.148. The standard InChI is InChI=1S/C24H36O2S2/c1-23(2,17-25)15-5-7-19-9-11-21(27-19)13-14-22-12-10-20(28-22)8-6-16-24(3,4)18-26/h9-14,25-26H,5-8,15-18H2,1-4H3/b14-13-. The largest absolute Gasteiger partial charge is 0.396 e. The first-order valence-corrected chi connectivity index (χ1v) is 11.9. The van der Waals surface area contributed by atoms with Crippen molar-refractivity contribution in [1.29, 1.82) is 0 Å². The molecule has 0 aliphatic heterocycles. The molecule has 2 rings (SSSR count). The van der Waals surface area contributed by atoms with E-state index in [-0.39, 0.29) is 24.0 Å². The Morgan fingerprint density at radius 3 is 1.46 bits per heavy atom. The van der Waals surface area contributed by atoms with Gasteiger partial charge >= 0.3 is 0 Å². The van der Waals surface area contributed by atoms with Gasteiger partial charge in [-0.15, -0.1) is 22.7 Å². The first-order valence-electron chi connectivity index (χ1n) is 10.3. The molecular formula is C24H36O2S2. The summed E-state index contributed by atoms with van der Waals surface area (Å²) in [5, 5.41) is 18.7. The number of aliphatic hydroxyl groups is 2. The Hall–Kier alpha value is -0.940. The Kier molecular flexibility index (Phi) is 8.94. The number of hydrogen-bond acceptors (Lipinski definition) is 4. The zero-order valence-electron chi connectivity index (χ0n) is 17.8. The lowest BCUT2D eigenvalue weighted by atomic mass is 9.88. The second kappa shape index (κ2) is 10.7. The summed E-state index contributed by atoms with van der Waals surface area (Å²) < 4.78 is 0. The van der Waals surface area contributed by atoms with Gasteiger partial charge < -0.3 is 10.2 Å². The van der Waals surface area contributed by atoms with Gasteiger partial charge in [-0.25, -0.2) is 0 Å². The van der Waals surface area contributed by atoms with Crippen LogP contribution in [0.25, 0.3) is 12.2 Å². The van der Waals surface area contributed by atoms with Crippen molar-refractivity contribution in [2.24, 2.45) is 10.8 Å². The van der Waals surface area contributed by atoms with E-state index in [2.05, 4.69) is 64.1 Å². The number of aryl methyl sites for hydroxylation is 2. The SMILES string of the molecule is CC(C)(CO)CCCc1ccc(/C=C\c2ccc(CCCC(C)(C)CO)s2)s1. The number of hydrogen-bond donors (Lipinski definition) is 2. The molecule has 0 fully saturated rings. The first kappa shape index (κ1) is 23.3. The highest BCUT2D eigenvalue weighted by molar-refractivity contribution is 7.13. The van der Waals surface area contributed by atoms with E-state index in [1.165, 1.54) is 19.5 Å². The topological polar surface area (TPSA) is 40.5 Å². The van der Waals surface area contributed by atoms with E-state index in [1.807, 2.05) is 22.7 Å². The van der Waals surface area contributed by atoms with E-state index in [4.69, 9.17) is 0 Å². The minimum atomic E-state index is 0.0325. The fourth-order valence-corrected chi connectivity index (χ4v) is 4.96. The molecule has 0 aliphatic rings. The van der Waals surface area contributed by atoms with E-state index in [1.54, 1.807) is 0 Å². The molecule has 156 valence electrons. The second-order valence-corrected chi connectivity index (χ2v) is 11.7. The van der Waals surface area contributed by atoms with Gasteiger partial charge in [0.1, 0.15) is 0 Å². The summed E-state index contributed by atoms with van der Waals surface area (Å²) in [5.41, 5.74) is 0.0649. The highest BCUT2D eigenvalue weighted by Crippen LogP contribution is 2.28. The van der Waals surface area contributed by atoms with Gasteiger partial charge in [0.05, 0.1) is 0 Å². The van der Waals surface area contributed by atoms with Gasteiger partial charge in [0.15, 0.2) is 0 Å². The van der Waals surface area contributed by atoms with Gasteiger partial charge in [-0.05, 0) is 85.8 Å². The normalized spacial score (nSPS) is 12.9. The monoisotopic (exact) mass is 420 g/mol. The van der Waals surface area contributed by atoms with Crippen LogP contribution in [0.3, 0.4) is 0 Å². The summed E-state index contributed by atoms with van der Waals surface area (Å²) in [5.74, 6) is 0. The Bertz CT molecular complexity index is 675. The van der Waals surface area contributed by atoms with Crippen LogP contribution < -0.4 is 0 Å². The van der Waals surface area contributed by atoms with Crippen LogP contribution in [-0.2, 0) is 12.8 Å². The number of rotatable bonds is 12. The van der Waals surface area contributed by atoms with E-state index in [9.17, 15) is 10.2 Å². The summed E-state index contributed by atoms with van der Waals surface area (Å²) in [6.07, 6.45) is 11.0. The molecule has 0 amide bonds. The van der Waals surface area contributed by atoms with E-state index in [0.717, 1.165) is 38.5 Å². The Balaban J connectivity index is 1.80. The molecular weight excluding hydrogens is 384 g/mol. The number of aliphatic hydroxyl groups excluding tert-OH is 2. The Morgan fingerprint density at radius 1 is 0.714 bits per heavy atom. The molecule has 0 aliphatic carbocycles. The fraction of sp³-hybridized carbons (Fsp3) is 0.583. The van der Waals surface area contributed by atoms with Crippen LogP contribution in [0.2, 0.25) is 0 Å². The molecule has 0 saturated carbocycles. The molecule has 4 heteroatoms. The quantitative estimate of drug-likeness (QED) is 0.403. The predicted molar refractivity (Wildman–Crippen MR) is 125 cm³/mol. The van der Waals surface area contributed by atoms with Crippen molar-refractivity contribution < 1.29 is 10.2 Å². The van der Waals surface area contributed by atoms with Crippen LogP contribution in [0.1, 0.15) is 72.9 Å². The molecule has 28 heavy (non-hydrogen) atoms. The maximum Gasteiger partial charge on any atom is 0.0482 e. The predicted octanol–water partition coefficient (Wildman–Crippen LogP) is 6.66. The van der Waals surface area contributed by atoms with Crippen molar-refractivity contribution in [3.05, 3.63) is 43.8 Å². The summed E-state index contributed by atoms with van der Waals surface area (Å²) in [4.78, 5) is 5.45. The van der Waals surface area contributed by atoms with Gasteiger partial charge in [-0.2, -0.15) is 0 Å². The molecule has 2 aromatic heterocycles. The average Bonchev–Trinajstić information content (AvgIpc) is 3.29. The van der Waals surface area contributed by atoms with E-state index < -0.39 is 0 Å². The molecule has 0 aromatic carbocycles. The average molecular weight is 421 g/mol. The van der Waals surface area contributed by atoms with Crippen molar-refractivity contribution >= 4 is 34.8 Å². The number of thiophene rings is 2. The van der Waals surface area contributed by atoms with Crippen LogP contribution in [0, 0.1) is 10.8 Å². The third-order valence-corrected chi connectivity index (χ3v) is 7.41. The smallest absolute Gasteiger partial charge is 0.0482 e. The summed E-state index contributed by atoms with van der Waals surface area (Å²) in [6, 6.07) is 8.89. The molecule has 2 nitrogen and oxygen atoms in total. The van der Waals surface area contributed by atoms with Crippen LogP contribution in [0.15, 0.2) is 24.3 Å². The van der Waals surface area contributed by atoms with Crippen LogP contribution in [-0.4, -0.2) is 23.4 Å². The van der Waals surface area contributed by atoms with Crippen LogP contribution in [0.4, 0.5) is 0 Å². The minimum Gasteiger partial charge on any atom is -0.396 e. The fourth-order valence-electron chi connectivity index (χ4n) is 3.04. The van der Waals surface area contributed by atoms with Crippen LogP contribution in [0.5, 0.6) is 0 Å². The molecule has 0 saturated heterocycles. The zero-order chi connectivity index (χ0) is 20.6. The maximum absolute atomic E-state index is 9.35. The lowest BCUT2D eigenvalue weighted by Gasteiger charge is -2.20. The molecule has 0 atom stereocenters. The van der Waals surface area contributed by atoms with Gasteiger partial charge in [0.25, 0.3) is 0 Å². The molecule has 2 aromatic rings. The summed E-state index contributed by atoms with van der Waals surface area (Å²) in [7, 11) is 0. The summed E-state index contributed by atoms with van der Waals surface area (Å²) in [6.45, 7) is 9.01. The Labute approximate surface area is 179 Å².